The van der Waals surface area contributed by atoms with Crippen molar-refractivity contribution in [2.24, 2.45) is 0 Å². The van der Waals surface area contributed by atoms with Crippen molar-refractivity contribution in [3.05, 3.63) is 231 Å². The molecule has 2 nitrogen and oxygen atoms in total. The van der Waals surface area contributed by atoms with E-state index in [2.05, 4.69) is 240 Å². The molecule has 0 fully saturated rings. The van der Waals surface area contributed by atoms with E-state index in [1.54, 1.807) is 0 Å². The molecule has 58 heavy (non-hydrogen) atoms. The Morgan fingerprint density at radius 3 is 1.24 bits per heavy atom. The molecule has 0 aliphatic rings. The molecule has 0 aliphatic heterocycles. The number of anilines is 3. The summed E-state index contributed by atoms with van der Waals surface area (Å²) < 4.78 is 2.37. The van der Waals surface area contributed by atoms with Crippen molar-refractivity contribution in [1.29, 1.82) is 0 Å². The molecule has 0 radical (unpaired) electrons. The van der Waals surface area contributed by atoms with Crippen molar-refractivity contribution in [3.8, 4) is 39.1 Å². The molecule has 0 spiro atoms. The highest BCUT2D eigenvalue weighted by molar-refractivity contribution is 6.21. The Balaban J connectivity index is 1.04. The maximum absolute atomic E-state index is 2.37. The van der Waals surface area contributed by atoms with Gasteiger partial charge in [0.1, 0.15) is 0 Å². The fraction of sp³-hybridized carbons (Fsp3) is 0. The van der Waals surface area contributed by atoms with E-state index in [4.69, 9.17) is 0 Å². The second kappa shape index (κ2) is 14.1. The van der Waals surface area contributed by atoms with Crippen LogP contribution in [0.15, 0.2) is 231 Å². The average molecular weight is 739 g/mol. The lowest BCUT2D eigenvalue weighted by atomic mass is 9.85. The van der Waals surface area contributed by atoms with E-state index in [0.717, 1.165) is 22.7 Å². The molecule has 0 aliphatic carbocycles. The zero-order valence-electron chi connectivity index (χ0n) is 31.8. The number of nitrogens with zero attached hydrogens (tertiary/aromatic N) is 2. The van der Waals surface area contributed by atoms with E-state index in [-0.39, 0.29) is 0 Å². The van der Waals surface area contributed by atoms with Crippen LogP contribution < -0.4 is 4.90 Å². The SMILES string of the molecule is c1ccc(-c2ccc(-c3c4ccccc4c(-c4ccc(N(c5ccccc5)c5ccc6c(c5)c5ccccc5n6-c5ccccc5)cc4)c4ccccc34)cc2)cc1. The lowest BCUT2D eigenvalue weighted by molar-refractivity contribution is 1.18. The van der Waals surface area contributed by atoms with E-state index >= 15 is 0 Å². The number of rotatable bonds is 7. The molecular weight excluding hydrogens is 701 g/mol. The van der Waals surface area contributed by atoms with Gasteiger partial charge in [0, 0.05) is 33.5 Å². The van der Waals surface area contributed by atoms with Crippen molar-refractivity contribution in [1.82, 2.24) is 4.57 Å². The first kappa shape index (κ1) is 33.6. The summed E-state index contributed by atoms with van der Waals surface area (Å²) in [7, 11) is 0. The fourth-order valence-corrected chi connectivity index (χ4v) is 8.97. The van der Waals surface area contributed by atoms with Crippen LogP contribution >= 0.6 is 0 Å². The van der Waals surface area contributed by atoms with Gasteiger partial charge in [0.05, 0.1) is 11.0 Å². The monoisotopic (exact) mass is 738 g/mol. The first-order chi connectivity index (χ1) is 28.8. The Morgan fingerprint density at radius 1 is 0.259 bits per heavy atom. The van der Waals surface area contributed by atoms with Gasteiger partial charge in [-0.2, -0.15) is 0 Å². The number of benzene rings is 10. The minimum atomic E-state index is 1.10. The van der Waals surface area contributed by atoms with Gasteiger partial charge in [-0.05, 0) is 116 Å². The highest BCUT2D eigenvalue weighted by Crippen LogP contribution is 2.45. The van der Waals surface area contributed by atoms with Crippen LogP contribution in [-0.4, -0.2) is 4.57 Å². The Labute approximate surface area is 338 Å². The number of fused-ring (bicyclic) bond motifs is 5. The Kier molecular flexibility index (Phi) is 8.19. The predicted octanol–water partition coefficient (Wildman–Crippen LogP) is 15.6. The van der Waals surface area contributed by atoms with Crippen LogP contribution in [0.4, 0.5) is 17.1 Å². The molecule has 0 saturated carbocycles. The van der Waals surface area contributed by atoms with Crippen LogP contribution in [0.3, 0.4) is 0 Å². The van der Waals surface area contributed by atoms with Crippen LogP contribution in [0.5, 0.6) is 0 Å². The standard InChI is InChI=1S/C56H38N2/c1-4-16-39(17-5-1)40-28-30-41(31-29-40)55-48-23-10-12-25-50(48)56(51-26-13-11-24-49(51)55)42-32-34-45(35-33-42)57(43-18-6-2-7-19-43)46-36-37-54-52(38-46)47-22-14-15-27-53(47)58(54)44-20-8-3-9-21-44/h1-38H. The molecule has 11 rings (SSSR count). The Morgan fingerprint density at radius 2 is 0.655 bits per heavy atom. The predicted molar refractivity (Wildman–Crippen MR) is 247 cm³/mol. The lowest BCUT2D eigenvalue weighted by Crippen LogP contribution is -2.09. The topological polar surface area (TPSA) is 8.17 Å². The molecule has 0 unspecified atom stereocenters. The smallest absolute Gasteiger partial charge is 0.0542 e. The van der Waals surface area contributed by atoms with Gasteiger partial charge < -0.3 is 9.47 Å². The van der Waals surface area contributed by atoms with Crippen LogP contribution in [0.1, 0.15) is 0 Å². The van der Waals surface area contributed by atoms with Crippen molar-refractivity contribution >= 4 is 60.4 Å². The molecule has 0 atom stereocenters. The highest BCUT2D eigenvalue weighted by atomic mass is 15.1. The third kappa shape index (κ3) is 5.66. The molecule has 272 valence electrons. The summed E-state index contributed by atoms with van der Waals surface area (Å²) in [6, 6.07) is 83.5. The summed E-state index contributed by atoms with van der Waals surface area (Å²) in [5.41, 5.74) is 14.3. The summed E-state index contributed by atoms with van der Waals surface area (Å²) in [5, 5.41) is 7.46. The maximum atomic E-state index is 2.37. The summed E-state index contributed by atoms with van der Waals surface area (Å²) in [4.78, 5) is 2.37. The van der Waals surface area contributed by atoms with Gasteiger partial charge in [0.2, 0.25) is 0 Å². The van der Waals surface area contributed by atoms with Crippen LogP contribution in [0.25, 0.3) is 82.4 Å². The quantitative estimate of drug-likeness (QED) is 0.148. The molecule has 2 heteroatoms. The minimum absolute atomic E-state index is 1.10. The third-order valence-electron chi connectivity index (χ3n) is 11.6. The lowest BCUT2D eigenvalue weighted by Gasteiger charge is -2.26. The molecular formula is C56H38N2. The largest absolute Gasteiger partial charge is 0.310 e. The zero-order valence-corrected chi connectivity index (χ0v) is 31.8. The summed E-state index contributed by atoms with van der Waals surface area (Å²) in [5.74, 6) is 0. The van der Waals surface area contributed by atoms with Crippen molar-refractivity contribution < 1.29 is 0 Å². The van der Waals surface area contributed by atoms with Gasteiger partial charge >= 0.3 is 0 Å². The van der Waals surface area contributed by atoms with Crippen molar-refractivity contribution in [2.45, 2.75) is 0 Å². The van der Waals surface area contributed by atoms with E-state index in [1.165, 1.54) is 76.7 Å². The first-order valence-electron chi connectivity index (χ1n) is 19.9. The van der Waals surface area contributed by atoms with Gasteiger partial charge in [-0.1, -0.05) is 170 Å². The molecule has 11 aromatic rings. The summed E-state index contributed by atoms with van der Waals surface area (Å²) in [6.07, 6.45) is 0. The fourth-order valence-electron chi connectivity index (χ4n) is 8.97. The van der Waals surface area contributed by atoms with Crippen LogP contribution in [0, 0.1) is 0 Å². The van der Waals surface area contributed by atoms with Crippen molar-refractivity contribution in [2.75, 3.05) is 4.90 Å². The first-order valence-corrected chi connectivity index (χ1v) is 19.9. The van der Waals surface area contributed by atoms with E-state index < -0.39 is 0 Å². The number of hydrogen-bond donors (Lipinski definition) is 0. The van der Waals surface area contributed by atoms with Crippen LogP contribution in [-0.2, 0) is 0 Å². The van der Waals surface area contributed by atoms with Gasteiger partial charge in [-0.3, -0.25) is 0 Å². The van der Waals surface area contributed by atoms with E-state index in [1.807, 2.05) is 0 Å². The van der Waals surface area contributed by atoms with Crippen molar-refractivity contribution in [3.63, 3.8) is 0 Å². The molecule has 0 saturated heterocycles. The molecule has 1 aromatic heterocycles. The molecule has 10 aromatic carbocycles. The highest BCUT2D eigenvalue weighted by Gasteiger charge is 2.20. The molecule has 1 heterocycles. The van der Waals surface area contributed by atoms with Gasteiger partial charge in [0.15, 0.2) is 0 Å². The Hall–Kier alpha value is -7.68. The van der Waals surface area contributed by atoms with Gasteiger partial charge in [0.25, 0.3) is 0 Å². The molecule has 0 N–H and O–H groups in total. The minimum Gasteiger partial charge on any atom is -0.310 e. The van der Waals surface area contributed by atoms with E-state index in [9.17, 15) is 0 Å². The summed E-state index contributed by atoms with van der Waals surface area (Å²) in [6.45, 7) is 0. The van der Waals surface area contributed by atoms with E-state index in [0.29, 0.717) is 0 Å². The number of aromatic nitrogens is 1. The summed E-state index contributed by atoms with van der Waals surface area (Å²) >= 11 is 0. The zero-order chi connectivity index (χ0) is 38.4. The van der Waals surface area contributed by atoms with Crippen LogP contribution in [0.2, 0.25) is 0 Å². The Bertz CT molecular complexity index is 3180. The normalized spacial score (nSPS) is 11.4. The maximum Gasteiger partial charge on any atom is 0.0542 e. The van der Waals surface area contributed by atoms with Gasteiger partial charge in [-0.15, -0.1) is 0 Å². The van der Waals surface area contributed by atoms with Gasteiger partial charge in [-0.25, -0.2) is 0 Å². The molecule has 0 amide bonds. The third-order valence-corrected chi connectivity index (χ3v) is 11.6. The second-order valence-corrected chi connectivity index (χ2v) is 14.9. The number of hydrogen-bond acceptors (Lipinski definition) is 1. The molecule has 0 bridgehead atoms. The average Bonchev–Trinajstić information content (AvgIpc) is 3.63. The second-order valence-electron chi connectivity index (χ2n) is 14.9. The number of para-hydroxylation sites is 3.